The molecule has 2 N–H and O–H groups in total. The molecule has 1 aliphatic rings. The predicted octanol–water partition coefficient (Wildman–Crippen LogP) is 4.32. The van der Waals surface area contributed by atoms with Gasteiger partial charge in [0, 0.05) is 0 Å². The minimum Gasteiger partial charge on any atom is -0.320 e. The molecule has 0 saturated heterocycles. The van der Waals surface area contributed by atoms with Gasteiger partial charge in [0.1, 0.15) is 0 Å². The second kappa shape index (κ2) is 3.94. The monoisotopic (exact) mass is 251 g/mol. The molecule has 0 saturated carbocycles. The van der Waals surface area contributed by atoms with E-state index in [0.29, 0.717) is 0 Å². The number of fused-ring (bicyclic) bond motifs is 3. The molecule has 1 atom stereocenters. The highest BCUT2D eigenvalue weighted by molar-refractivity contribution is 5.79. The molecule has 2 aromatic carbocycles. The van der Waals surface area contributed by atoms with Crippen molar-refractivity contribution in [3.63, 3.8) is 0 Å². The molecule has 0 amide bonds. The first-order valence-corrected chi connectivity index (χ1v) is 6.89. The molecule has 1 aliphatic carbocycles. The molecule has 1 heteroatoms. The van der Waals surface area contributed by atoms with E-state index < -0.39 is 0 Å². The van der Waals surface area contributed by atoms with E-state index in [1.54, 1.807) is 0 Å². The Kier molecular flexibility index (Phi) is 2.58. The van der Waals surface area contributed by atoms with Crippen LogP contribution in [0.15, 0.2) is 36.4 Å². The van der Waals surface area contributed by atoms with Crippen LogP contribution in [0, 0.1) is 6.92 Å². The first kappa shape index (κ1) is 12.4. The van der Waals surface area contributed by atoms with E-state index in [0.717, 1.165) is 0 Å². The van der Waals surface area contributed by atoms with Crippen LogP contribution in [0.2, 0.25) is 0 Å². The molecule has 1 nitrogen and oxygen atoms in total. The zero-order chi connectivity index (χ0) is 13.8. The Morgan fingerprint density at radius 3 is 2.11 bits per heavy atom. The van der Waals surface area contributed by atoms with Crippen molar-refractivity contribution in [3.05, 3.63) is 58.7 Å². The summed E-state index contributed by atoms with van der Waals surface area (Å²) in [5, 5.41) is 0. The molecule has 0 bridgehead atoms. The van der Waals surface area contributed by atoms with Crippen LogP contribution in [-0.4, -0.2) is 0 Å². The Balaban J connectivity index is 2.19. The molecular weight excluding hydrogens is 230 g/mol. The third-order valence-corrected chi connectivity index (χ3v) is 4.08. The van der Waals surface area contributed by atoms with Crippen molar-refractivity contribution in [1.29, 1.82) is 0 Å². The lowest BCUT2D eigenvalue weighted by atomic mass is 9.85. The van der Waals surface area contributed by atoms with Crippen molar-refractivity contribution in [2.75, 3.05) is 0 Å². The fraction of sp³-hybridized carbons (Fsp3) is 0.333. The van der Waals surface area contributed by atoms with Crippen LogP contribution < -0.4 is 5.73 Å². The molecule has 0 spiro atoms. The van der Waals surface area contributed by atoms with Crippen molar-refractivity contribution >= 4 is 0 Å². The number of nitrogens with two attached hydrogens (primary N) is 1. The summed E-state index contributed by atoms with van der Waals surface area (Å²) in [6.07, 6.45) is 0. The van der Waals surface area contributed by atoms with Gasteiger partial charge in [-0.2, -0.15) is 0 Å². The Labute approximate surface area is 115 Å². The number of benzene rings is 2. The zero-order valence-electron chi connectivity index (χ0n) is 12.1. The van der Waals surface area contributed by atoms with E-state index in [1.807, 2.05) is 0 Å². The second-order valence-corrected chi connectivity index (χ2v) is 6.62. The van der Waals surface area contributed by atoms with Gasteiger partial charge in [-0.05, 0) is 40.2 Å². The summed E-state index contributed by atoms with van der Waals surface area (Å²) in [4.78, 5) is 0. The third-order valence-electron chi connectivity index (χ3n) is 4.08. The Morgan fingerprint density at radius 1 is 0.895 bits per heavy atom. The van der Waals surface area contributed by atoms with Gasteiger partial charge in [0.15, 0.2) is 0 Å². The normalized spacial score (nSPS) is 17.2. The van der Waals surface area contributed by atoms with Crippen molar-refractivity contribution in [1.82, 2.24) is 0 Å². The molecule has 0 heterocycles. The first-order chi connectivity index (χ1) is 8.88. The van der Waals surface area contributed by atoms with Crippen molar-refractivity contribution in [2.45, 2.75) is 39.2 Å². The van der Waals surface area contributed by atoms with Crippen LogP contribution >= 0.6 is 0 Å². The van der Waals surface area contributed by atoms with Gasteiger partial charge in [0.2, 0.25) is 0 Å². The zero-order valence-corrected chi connectivity index (χ0v) is 12.1. The van der Waals surface area contributed by atoms with E-state index in [9.17, 15) is 0 Å². The van der Waals surface area contributed by atoms with Gasteiger partial charge in [-0.25, -0.2) is 0 Å². The van der Waals surface area contributed by atoms with E-state index in [4.69, 9.17) is 5.73 Å². The Morgan fingerprint density at radius 2 is 1.47 bits per heavy atom. The van der Waals surface area contributed by atoms with Crippen LogP contribution in [0.4, 0.5) is 0 Å². The van der Waals surface area contributed by atoms with Gasteiger partial charge in [-0.3, -0.25) is 0 Å². The maximum atomic E-state index is 6.44. The number of hydrogen-bond acceptors (Lipinski definition) is 1. The summed E-state index contributed by atoms with van der Waals surface area (Å²) in [5.41, 5.74) is 14.4. The van der Waals surface area contributed by atoms with Crippen LogP contribution in [-0.2, 0) is 5.41 Å². The Bertz CT molecular complexity index is 647. The second-order valence-electron chi connectivity index (χ2n) is 6.62. The van der Waals surface area contributed by atoms with E-state index in [2.05, 4.69) is 64.1 Å². The van der Waals surface area contributed by atoms with E-state index >= 15 is 0 Å². The minimum absolute atomic E-state index is 0.0206. The van der Waals surface area contributed by atoms with Crippen LogP contribution in [0.25, 0.3) is 11.1 Å². The molecule has 0 fully saturated rings. The molecule has 0 radical (unpaired) electrons. The lowest BCUT2D eigenvalue weighted by molar-refractivity contribution is 0.589. The lowest BCUT2D eigenvalue weighted by Gasteiger charge is -2.20. The summed E-state index contributed by atoms with van der Waals surface area (Å²) >= 11 is 0. The molecule has 1 unspecified atom stereocenters. The van der Waals surface area contributed by atoms with E-state index in [-0.39, 0.29) is 11.5 Å². The average Bonchev–Trinajstić information content (AvgIpc) is 2.62. The number of rotatable bonds is 0. The highest BCUT2D eigenvalue weighted by Crippen LogP contribution is 2.43. The highest BCUT2D eigenvalue weighted by Gasteiger charge is 2.27. The minimum atomic E-state index is 0.0206. The Hall–Kier alpha value is -1.60. The molecule has 2 aromatic rings. The van der Waals surface area contributed by atoms with Crippen LogP contribution in [0.1, 0.15) is 49.1 Å². The maximum Gasteiger partial charge on any atom is 0.0564 e. The van der Waals surface area contributed by atoms with Gasteiger partial charge in [-0.1, -0.05) is 62.7 Å². The fourth-order valence-corrected chi connectivity index (χ4v) is 2.88. The predicted molar refractivity (Wildman–Crippen MR) is 81.3 cm³/mol. The smallest absolute Gasteiger partial charge is 0.0564 e. The topological polar surface area (TPSA) is 26.0 Å². The summed E-state index contributed by atoms with van der Waals surface area (Å²) in [6, 6.07) is 13.4. The lowest BCUT2D eigenvalue weighted by Crippen LogP contribution is -2.13. The van der Waals surface area contributed by atoms with Crippen LogP contribution in [0.5, 0.6) is 0 Å². The standard InChI is InChI=1S/C18H21N/c1-11-5-7-13-14-8-6-12(18(2,3)4)10-16(14)17(19)15(13)9-11/h5-10,17H,19H2,1-4H3. The maximum absolute atomic E-state index is 6.44. The van der Waals surface area contributed by atoms with Crippen molar-refractivity contribution in [3.8, 4) is 11.1 Å². The summed E-state index contributed by atoms with van der Waals surface area (Å²) in [5.74, 6) is 0. The first-order valence-electron chi connectivity index (χ1n) is 6.89. The van der Waals surface area contributed by atoms with E-state index in [1.165, 1.54) is 33.4 Å². The third kappa shape index (κ3) is 1.89. The highest BCUT2D eigenvalue weighted by atomic mass is 14.7. The quantitative estimate of drug-likeness (QED) is 0.741. The SMILES string of the molecule is Cc1ccc2c(c1)C(N)c1cc(C(C)(C)C)ccc1-2. The number of aryl methyl sites for hydroxylation is 1. The van der Waals surface area contributed by atoms with Gasteiger partial charge in [-0.15, -0.1) is 0 Å². The van der Waals surface area contributed by atoms with Gasteiger partial charge in [0.05, 0.1) is 6.04 Å². The summed E-state index contributed by atoms with van der Waals surface area (Å²) in [6.45, 7) is 8.85. The summed E-state index contributed by atoms with van der Waals surface area (Å²) < 4.78 is 0. The molecule has 3 rings (SSSR count). The van der Waals surface area contributed by atoms with Crippen LogP contribution in [0.3, 0.4) is 0 Å². The summed E-state index contributed by atoms with van der Waals surface area (Å²) in [7, 11) is 0. The molecule has 0 aliphatic heterocycles. The average molecular weight is 251 g/mol. The largest absolute Gasteiger partial charge is 0.320 e. The van der Waals surface area contributed by atoms with Crippen molar-refractivity contribution < 1.29 is 0 Å². The number of hydrogen-bond donors (Lipinski definition) is 1. The molecule has 98 valence electrons. The van der Waals surface area contributed by atoms with Gasteiger partial charge < -0.3 is 5.73 Å². The molecule has 19 heavy (non-hydrogen) atoms. The molecular formula is C18H21N. The fourth-order valence-electron chi connectivity index (χ4n) is 2.88. The molecule has 0 aromatic heterocycles. The van der Waals surface area contributed by atoms with Crippen molar-refractivity contribution in [2.24, 2.45) is 5.73 Å². The van der Waals surface area contributed by atoms with Gasteiger partial charge in [0.25, 0.3) is 0 Å². The van der Waals surface area contributed by atoms with Gasteiger partial charge >= 0.3 is 0 Å².